The lowest BCUT2D eigenvalue weighted by atomic mass is 9.93. The van der Waals surface area contributed by atoms with Crippen LogP contribution in [0.1, 0.15) is 38.2 Å². The van der Waals surface area contributed by atoms with Gasteiger partial charge in [0.1, 0.15) is 5.82 Å². The Morgan fingerprint density at radius 1 is 1.52 bits per heavy atom. The van der Waals surface area contributed by atoms with Gasteiger partial charge in [0.25, 0.3) is 0 Å². The van der Waals surface area contributed by atoms with E-state index in [0.29, 0.717) is 12.3 Å². The summed E-state index contributed by atoms with van der Waals surface area (Å²) >= 11 is 0. The minimum absolute atomic E-state index is 0. The lowest BCUT2D eigenvalue weighted by Gasteiger charge is -2.30. The fraction of sp³-hybridized carbons (Fsp3) is 0.562. The Bertz CT molecular complexity index is 469. The first-order valence-electron chi connectivity index (χ1n) is 7.32. The van der Waals surface area contributed by atoms with Crippen molar-refractivity contribution in [1.82, 2.24) is 10.6 Å². The first-order chi connectivity index (χ1) is 9.56. The molecule has 1 aliphatic rings. The van der Waals surface area contributed by atoms with E-state index in [0.717, 1.165) is 25.1 Å². The predicted octanol–water partition coefficient (Wildman–Crippen LogP) is 2.86. The van der Waals surface area contributed by atoms with Gasteiger partial charge in [0.05, 0.1) is 0 Å². The number of carbonyl (C=O) groups is 1. The van der Waals surface area contributed by atoms with Crippen molar-refractivity contribution in [3.05, 3.63) is 35.6 Å². The molecule has 5 heteroatoms. The monoisotopic (exact) mass is 314 g/mol. The molecule has 2 N–H and O–H groups in total. The first kappa shape index (κ1) is 17.9. The standard InChI is InChI=1S/C16H23FN2O.ClH/c1-11-6-7-18-10-15(11)19-16(20)8-12(2)13-4-3-5-14(17)9-13;/h3-5,9,11-12,15,18H,6-8,10H2,1-2H3,(H,19,20);1H. The van der Waals surface area contributed by atoms with E-state index in [1.54, 1.807) is 6.07 Å². The van der Waals surface area contributed by atoms with E-state index < -0.39 is 0 Å². The Balaban J connectivity index is 0.00000220. The maximum absolute atomic E-state index is 13.2. The van der Waals surface area contributed by atoms with Gasteiger partial charge in [-0.3, -0.25) is 4.79 Å². The van der Waals surface area contributed by atoms with Crippen LogP contribution in [0.3, 0.4) is 0 Å². The van der Waals surface area contributed by atoms with Gasteiger partial charge in [-0.05, 0) is 42.5 Å². The Kier molecular flexibility index (Phi) is 7.12. The molecule has 0 aromatic heterocycles. The second kappa shape index (κ2) is 8.35. The summed E-state index contributed by atoms with van der Waals surface area (Å²) in [4.78, 5) is 12.1. The third-order valence-corrected chi connectivity index (χ3v) is 4.08. The Hall–Kier alpha value is -1.13. The number of rotatable bonds is 4. The summed E-state index contributed by atoms with van der Waals surface area (Å²) in [6, 6.07) is 6.68. The molecule has 2 rings (SSSR count). The van der Waals surface area contributed by atoms with Crippen LogP contribution < -0.4 is 10.6 Å². The van der Waals surface area contributed by atoms with Crippen LogP contribution in [0, 0.1) is 11.7 Å². The SMILES string of the molecule is CC(CC(=O)NC1CNCCC1C)c1cccc(F)c1.Cl. The van der Waals surface area contributed by atoms with Crippen LogP contribution in [-0.4, -0.2) is 25.0 Å². The molecule has 0 saturated carbocycles. The second-order valence-electron chi connectivity index (χ2n) is 5.80. The van der Waals surface area contributed by atoms with Crippen molar-refractivity contribution < 1.29 is 9.18 Å². The van der Waals surface area contributed by atoms with Crippen molar-refractivity contribution in [1.29, 1.82) is 0 Å². The molecule has 0 spiro atoms. The molecule has 0 radical (unpaired) electrons. The summed E-state index contributed by atoms with van der Waals surface area (Å²) in [5, 5.41) is 6.39. The van der Waals surface area contributed by atoms with Crippen LogP contribution >= 0.6 is 12.4 Å². The van der Waals surface area contributed by atoms with E-state index in [1.807, 2.05) is 13.0 Å². The van der Waals surface area contributed by atoms with Crippen LogP contribution in [0.5, 0.6) is 0 Å². The van der Waals surface area contributed by atoms with Crippen molar-refractivity contribution in [2.75, 3.05) is 13.1 Å². The van der Waals surface area contributed by atoms with E-state index >= 15 is 0 Å². The summed E-state index contributed by atoms with van der Waals surface area (Å²) in [6.07, 6.45) is 1.48. The third kappa shape index (κ3) is 5.29. The highest BCUT2D eigenvalue weighted by Gasteiger charge is 2.23. The highest BCUT2D eigenvalue weighted by atomic mass is 35.5. The largest absolute Gasteiger partial charge is 0.352 e. The van der Waals surface area contributed by atoms with Crippen molar-refractivity contribution in [3.63, 3.8) is 0 Å². The Labute approximate surface area is 132 Å². The molecule has 0 bridgehead atoms. The zero-order chi connectivity index (χ0) is 14.5. The number of halogens is 2. The molecular weight excluding hydrogens is 291 g/mol. The topological polar surface area (TPSA) is 41.1 Å². The summed E-state index contributed by atoms with van der Waals surface area (Å²) in [5.74, 6) is 0.324. The molecule has 1 aliphatic heterocycles. The molecule has 1 aromatic carbocycles. The van der Waals surface area contributed by atoms with E-state index in [-0.39, 0.29) is 36.1 Å². The van der Waals surface area contributed by atoms with Gasteiger partial charge in [-0.1, -0.05) is 26.0 Å². The van der Waals surface area contributed by atoms with Gasteiger partial charge in [0.15, 0.2) is 0 Å². The maximum Gasteiger partial charge on any atom is 0.220 e. The van der Waals surface area contributed by atoms with E-state index in [9.17, 15) is 9.18 Å². The Morgan fingerprint density at radius 3 is 2.95 bits per heavy atom. The number of hydrogen-bond donors (Lipinski definition) is 2. The average Bonchev–Trinajstić information content (AvgIpc) is 2.41. The predicted molar refractivity (Wildman–Crippen MR) is 85.3 cm³/mol. The fourth-order valence-electron chi connectivity index (χ4n) is 2.66. The first-order valence-corrected chi connectivity index (χ1v) is 7.32. The summed E-state index contributed by atoms with van der Waals surface area (Å²) in [7, 11) is 0. The number of hydrogen-bond acceptors (Lipinski definition) is 2. The summed E-state index contributed by atoms with van der Waals surface area (Å²) in [6.45, 7) is 5.98. The summed E-state index contributed by atoms with van der Waals surface area (Å²) in [5.41, 5.74) is 0.870. The molecule has 1 heterocycles. The molecule has 3 atom stereocenters. The van der Waals surface area contributed by atoms with Gasteiger partial charge in [0, 0.05) is 19.0 Å². The maximum atomic E-state index is 13.2. The Morgan fingerprint density at radius 2 is 2.29 bits per heavy atom. The van der Waals surface area contributed by atoms with E-state index in [4.69, 9.17) is 0 Å². The van der Waals surface area contributed by atoms with Gasteiger partial charge >= 0.3 is 0 Å². The van der Waals surface area contributed by atoms with Gasteiger partial charge in [-0.25, -0.2) is 4.39 Å². The minimum atomic E-state index is -0.250. The molecule has 1 aromatic rings. The van der Waals surface area contributed by atoms with Crippen molar-refractivity contribution in [2.24, 2.45) is 5.92 Å². The normalized spacial score (nSPS) is 23.0. The zero-order valence-electron chi connectivity index (χ0n) is 12.6. The highest BCUT2D eigenvalue weighted by molar-refractivity contribution is 5.85. The molecule has 3 unspecified atom stereocenters. The molecule has 21 heavy (non-hydrogen) atoms. The van der Waals surface area contributed by atoms with Crippen LogP contribution in [-0.2, 0) is 4.79 Å². The second-order valence-corrected chi connectivity index (χ2v) is 5.80. The van der Waals surface area contributed by atoms with Gasteiger partial charge in [-0.15, -0.1) is 12.4 Å². The minimum Gasteiger partial charge on any atom is -0.352 e. The zero-order valence-corrected chi connectivity index (χ0v) is 13.4. The highest BCUT2D eigenvalue weighted by Crippen LogP contribution is 2.20. The molecule has 1 fully saturated rings. The van der Waals surface area contributed by atoms with Gasteiger partial charge in [0.2, 0.25) is 5.91 Å². The number of nitrogens with one attached hydrogen (secondary N) is 2. The van der Waals surface area contributed by atoms with Crippen LogP contribution in [0.2, 0.25) is 0 Å². The van der Waals surface area contributed by atoms with Gasteiger partial charge in [-0.2, -0.15) is 0 Å². The van der Waals surface area contributed by atoms with Crippen molar-refractivity contribution >= 4 is 18.3 Å². The number of carbonyl (C=O) groups excluding carboxylic acids is 1. The van der Waals surface area contributed by atoms with Crippen molar-refractivity contribution in [2.45, 2.75) is 38.6 Å². The van der Waals surface area contributed by atoms with Crippen LogP contribution in [0.15, 0.2) is 24.3 Å². The lowest BCUT2D eigenvalue weighted by Crippen LogP contribution is -2.50. The van der Waals surface area contributed by atoms with E-state index in [2.05, 4.69) is 17.6 Å². The number of piperidine rings is 1. The van der Waals surface area contributed by atoms with E-state index in [1.165, 1.54) is 12.1 Å². The van der Waals surface area contributed by atoms with Crippen molar-refractivity contribution in [3.8, 4) is 0 Å². The van der Waals surface area contributed by atoms with Crippen LogP contribution in [0.4, 0.5) is 4.39 Å². The van der Waals surface area contributed by atoms with Crippen LogP contribution in [0.25, 0.3) is 0 Å². The molecular formula is C16H24ClFN2O. The molecule has 3 nitrogen and oxygen atoms in total. The smallest absolute Gasteiger partial charge is 0.220 e. The summed E-state index contributed by atoms with van der Waals surface area (Å²) < 4.78 is 13.2. The fourth-order valence-corrected chi connectivity index (χ4v) is 2.66. The van der Waals surface area contributed by atoms with Gasteiger partial charge < -0.3 is 10.6 Å². The average molecular weight is 315 g/mol. The third-order valence-electron chi connectivity index (χ3n) is 4.08. The quantitative estimate of drug-likeness (QED) is 0.897. The molecule has 0 aliphatic carbocycles. The molecule has 1 saturated heterocycles. The molecule has 1 amide bonds. The molecule has 118 valence electrons. The number of benzene rings is 1. The lowest BCUT2D eigenvalue weighted by molar-refractivity contribution is -0.122. The number of amides is 1.